The van der Waals surface area contributed by atoms with Crippen LogP contribution in [0.2, 0.25) is 0 Å². The van der Waals surface area contributed by atoms with Gasteiger partial charge in [0.1, 0.15) is 5.60 Å². The molecule has 0 aliphatic rings. The summed E-state index contributed by atoms with van der Waals surface area (Å²) in [7, 11) is 0. The van der Waals surface area contributed by atoms with Gasteiger partial charge in [-0.2, -0.15) is 0 Å². The maximum atomic E-state index is 12.5. The minimum Gasteiger partial charge on any atom is -0.465 e. The van der Waals surface area contributed by atoms with E-state index in [1.54, 1.807) is 0 Å². The molecule has 0 aromatic carbocycles. The lowest BCUT2D eigenvalue weighted by molar-refractivity contribution is -0.155. The van der Waals surface area contributed by atoms with Gasteiger partial charge in [0.25, 0.3) is 0 Å². The molecule has 0 atom stereocenters. The maximum Gasteiger partial charge on any atom is 0.306 e. The number of carbonyl (C=O) groups excluding carboxylic acids is 2. The number of hydrogen-bond donors (Lipinski definition) is 1. The number of hydrogen-bond acceptors (Lipinski definition) is 6. The Kier molecular flexibility index (Phi) is 31.6. The molecule has 0 rings (SSSR count). The van der Waals surface area contributed by atoms with Crippen molar-refractivity contribution in [3.63, 3.8) is 0 Å². The quantitative estimate of drug-likeness (QED) is 0.0550. The first-order valence-electron chi connectivity index (χ1n) is 19.9. The predicted octanol–water partition coefficient (Wildman–Crippen LogP) is 11.0. The fourth-order valence-corrected chi connectivity index (χ4v) is 6.16. The topological polar surface area (TPSA) is 76.1 Å². The number of unbranched alkanes of at least 4 members (excludes halogenated alkanes) is 18. The minimum absolute atomic E-state index is 0.00477. The van der Waals surface area contributed by atoms with Crippen molar-refractivity contribution in [1.82, 2.24) is 4.90 Å². The summed E-state index contributed by atoms with van der Waals surface area (Å²) in [6.07, 6.45) is 30.2. The van der Waals surface area contributed by atoms with E-state index in [9.17, 15) is 14.7 Å². The van der Waals surface area contributed by atoms with Crippen LogP contribution in [0, 0.1) is 5.92 Å². The summed E-state index contributed by atoms with van der Waals surface area (Å²) >= 11 is 0. The first kappa shape index (κ1) is 44.9. The molecule has 0 aromatic heterocycles. The molecule has 6 nitrogen and oxygen atoms in total. The Morgan fingerprint density at radius 2 is 0.978 bits per heavy atom. The van der Waals surface area contributed by atoms with Gasteiger partial charge in [-0.15, -0.1) is 0 Å². The summed E-state index contributed by atoms with van der Waals surface area (Å²) in [6, 6.07) is 0. The summed E-state index contributed by atoms with van der Waals surface area (Å²) in [6.45, 7) is 13.9. The van der Waals surface area contributed by atoms with Crippen LogP contribution in [0.15, 0.2) is 0 Å². The zero-order valence-corrected chi connectivity index (χ0v) is 31.5. The highest BCUT2D eigenvalue weighted by atomic mass is 16.6. The number of nitrogens with zero attached hydrogens (tertiary/aromatic N) is 1. The first-order valence-corrected chi connectivity index (χ1v) is 19.9. The molecule has 0 aromatic rings. The highest BCUT2D eigenvalue weighted by molar-refractivity contribution is 5.69. The lowest BCUT2D eigenvalue weighted by Crippen LogP contribution is -2.29. The van der Waals surface area contributed by atoms with E-state index in [1.807, 2.05) is 20.8 Å². The van der Waals surface area contributed by atoms with Gasteiger partial charge in [-0.25, -0.2) is 0 Å². The van der Waals surface area contributed by atoms with Crippen LogP contribution in [0.4, 0.5) is 0 Å². The van der Waals surface area contributed by atoms with E-state index in [2.05, 4.69) is 18.7 Å². The van der Waals surface area contributed by atoms with Crippen LogP contribution in [-0.2, 0) is 19.1 Å². The van der Waals surface area contributed by atoms with Crippen molar-refractivity contribution in [3.8, 4) is 0 Å². The molecular weight excluding hydrogens is 574 g/mol. The van der Waals surface area contributed by atoms with Gasteiger partial charge in [0, 0.05) is 19.4 Å². The van der Waals surface area contributed by atoms with Crippen molar-refractivity contribution in [2.45, 2.75) is 207 Å². The highest BCUT2D eigenvalue weighted by Gasteiger charge is 2.16. The Morgan fingerprint density at radius 3 is 1.43 bits per heavy atom. The van der Waals surface area contributed by atoms with Gasteiger partial charge < -0.3 is 19.5 Å². The largest absolute Gasteiger partial charge is 0.465 e. The third-order valence-electron chi connectivity index (χ3n) is 8.96. The molecule has 0 saturated carbocycles. The lowest BCUT2D eigenvalue weighted by atomic mass is 9.94. The van der Waals surface area contributed by atoms with Crippen LogP contribution >= 0.6 is 0 Å². The molecule has 0 saturated heterocycles. The summed E-state index contributed by atoms with van der Waals surface area (Å²) in [5.41, 5.74) is -0.399. The zero-order chi connectivity index (χ0) is 34.1. The van der Waals surface area contributed by atoms with E-state index in [4.69, 9.17) is 9.47 Å². The zero-order valence-electron chi connectivity index (χ0n) is 31.5. The molecule has 0 unspecified atom stereocenters. The number of aliphatic hydroxyl groups is 1. The molecule has 0 aliphatic carbocycles. The average molecular weight is 654 g/mol. The minimum atomic E-state index is -0.399. The Hall–Kier alpha value is -1.14. The molecule has 0 radical (unpaired) electrons. The molecule has 0 aliphatic heterocycles. The second kappa shape index (κ2) is 32.4. The van der Waals surface area contributed by atoms with E-state index in [1.165, 1.54) is 96.3 Å². The van der Waals surface area contributed by atoms with Gasteiger partial charge in [0.2, 0.25) is 0 Å². The molecule has 46 heavy (non-hydrogen) atoms. The number of esters is 2. The molecule has 6 heteroatoms. The number of aliphatic hydroxyl groups excluding tert-OH is 1. The third-order valence-corrected chi connectivity index (χ3v) is 8.96. The van der Waals surface area contributed by atoms with Crippen molar-refractivity contribution in [2.24, 2.45) is 5.92 Å². The highest BCUT2D eigenvalue weighted by Crippen LogP contribution is 2.20. The summed E-state index contributed by atoms with van der Waals surface area (Å²) in [4.78, 5) is 26.7. The Labute approximate surface area is 286 Å². The summed E-state index contributed by atoms with van der Waals surface area (Å²) < 4.78 is 11.2. The third kappa shape index (κ3) is 32.8. The van der Waals surface area contributed by atoms with Crippen LogP contribution in [-0.4, -0.2) is 60.4 Å². The summed E-state index contributed by atoms with van der Waals surface area (Å²) in [5.74, 6) is 0.435. The second-order valence-electron chi connectivity index (χ2n) is 14.8. The van der Waals surface area contributed by atoms with Crippen molar-refractivity contribution in [2.75, 3.05) is 32.8 Å². The van der Waals surface area contributed by atoms with Crippen LogP contribution in [0.1, 0.15) is 202 Å². The van der Waals surface area contributed by atoms with E-state index < -0.39 is 5.60 Å². The Morgan fingerprint density at radius 1 is 0.565 bits per heavy atom. The number of carbonyl (C=O) groups is 2. The van der Waals surface area contributed by atoms with Crippen LogP contribution < -0.4 is 0 Å². The molecule has 274 valence electrons. The van der Waals surface area contributed by atoms with Crippen molar-refractivity contribution in [3.05, 3.63) is 0 Å². The van der Waals surface area contributed by atoms with E-state index in [-0.39, 0.29) is 18.5 Å². The standard InChI is InChI=1S/C40H79NO5/c1-6-8-10-12-16-22-28-37(29-23-17-13-11-9-7-2)36-45-38(43)30-24-18-14-20-26-32-41(34-35-42)33-27-21-15-19-25-31-39(44)46-40(3,4)5/h37,42H,6-36H2,1-5H3. The van der Waals surface area contributed by atoms with Gasteiger partial charge in [-0.3, -0.25) is 9.59 Å². The molecular formula is C40H79NO5. The van der Waals surface area contributed by atoms with Gasteiger partial charge in [-0.1, -0.05) is 129 Å². The molecule has 0 heterocycles. The van der Waals surface area contributed by atoms with Gasteiger partial charge in [-0.05, 0) is 78.3 Å². The Bertz CT molecular complexity index is 661. The maximum absolute atomic E-state index is 12.5. The number of ether oxygens (including phenoxy) is 2. The molecule has 0 bridgehead atoms. The molecule has 0 fully saturated rings. The van der Waals surface area contributed by atoms with Crippen molar-refractivity contribution < 1.29 is 24.2 Å². The van der Waals surface area contributed by atoms with Crippen LogP contribution in [0.25, 0.3) is 0 Å². The fraction of sp³-hybridized carbons (Fsp3) is 0.950. The fourth-order valence-electron chi connectivity index (χ4n) is 6.16. The second-order valence-corrected chi connectivity index (χ2v) is 14.8. The van der Waals surface area contributed by atoms with Crippen LogP contribution in [0.3, 0.4) is 0 Å². The molecule has 1 N–H and O–H groups in total. The van der Waals surface area contributed by atoms with Gasteiger partial charge in [0.05, 0.1) is 13.2 Å². The van der Waals surface area contributed by atoms with E-state index in [0.29, 0.717) is 25.4 Å². The smallest absolute Gasteiger partial charge is 0.306 e. The van der Waals surface area contributed by atoms with Crippen LogP contribution in [0.5, 0.6) is 0 Å². The van der Waals surface area contributed by atoms with Gasteiger partial charge >= 0.3 is 11.9 Å². The predicted molar refractivity (Wildman–Crippen MR) is 195 cm³/mol. The monoisotopic (exact) mass is 654 g/mol. The van der Waals surface area contributed by atoms with Gasteiger partial charge in [0.15, 0.2) is 0 Å². The number of rotatable bonds is 34. The SMILES string of the molecule is CCCCCCCCC(CCCCCCCC)COC(=O)CCCCCCCN(CCO)CCCCCCCC(=O)OC(C)(C)C. The molecule has 0 amide bonds. The Balaban J connectivity index is 4.01. The molecule has 0 spiro atoms. The lowest BCUT2D eigenvalue weighted by Gasteiger charge is -2.21. The summed E-state index contributed by atoms with van der Waals surface area (Å²) in [5, 5.41) is 9.48. The van der Waals surface area contributed by atoms with Crippen molar-refractivity contribution >= 4 is 11.9 Å². The average Bonchev–Trinajstić information content (AvgIpc) is 3.00. The van der Waals surface area contributed by atoms with Crippen molar-refractivity contribution in [1.29, 1.82) is 0 Å². The first-order chi connectivity index (χ1) is 22.2. The van der Waals surface area contributed by atoms with E-state index >= 15 is 0 Å². The normalized spacial score (nSPS) is 11.9. The van der Waals surface area contributed by atoms with E-state index in [0.717, 1.165) is 77.4 Å².